The van der Waals surface area contributed by atoms with Gasteiger partial charge in [-0.15, -0.1) is 0 Å². The summed E-state index contributed by atoms with van der Waals surface area (Å²) >= 11 is 12.4. The average Bonchev–Trinajstić information content (AvgIpc) is 2.76. The van der Waals surface area contributed by atoms with Crippen molar-refractivity contribution < 1.29 is 22.4 Å². The second-order valence-electron chi connectivity index (χ2n) is 9.84. The fraction of sp³-hybridized carbons (Fsp3) is 0.462. The van der Waals surface area contributed by atoms with Crippen molar-refractivity contribution in [3.8, 4) is 0 Å². The average molecular weight is 575 g/mol. The number of hydrogen-bond donors (Lipinski definition) is 1. The Balaban J connectivity index is 2.27. The molecule has 0 spiro atoms. The van der Waals surface area contributed by atoms with Crippen LogP contribution in [0.15, 0.2) is 42.5 Å². The molecule has 0 aliphatic carbocycles. The van der Waals surface area contributed by atoms with E-state index in [0.717, 1.165) is 10.6 Å². The fourth-order valence-electron chi connectivity index (χ4n) is 3.82. The van der Waals surface area contributed by atoms with Crippen LogP contribution < -0.4 is 9.62 Å². The van der Waals surface area contributed by atoms with Gasteiger partial charge in [0.25, 0.3) is 0 Å². The van der Waals surface area contributed by atoms with Gasteiger partial charge in [-0.3, -0.25) is 13.9 Å². The summed E-state index contributed by atoms with van der Waals surface area (Å²) in [6.45, 7) is 7.48. The first-order chi connectivity index (χ1) is 17.1. The molecule has 0 saturated heterocycles. The van der Waals surface area contributed by atoms with Crippen LogP contribution in [0.2, 0.25) is 10.0 Å². The molecule has 0 aliphatic rings. The zero-order chi connectivity index (χ0) is 28.0. The Morgan fingerprint density at radius 3 is 2.22 bits per heavy atom. The molecule has 11 heteroatoms. The lowest BCUT2D eigenvalue weighted by molar-refractivity contribution is -0.142. The van der Waals surface area contributed by atoms with Gasteiger partial charge in [-0.05, 0) is 75.6 Å². The van der Waals surface area contributed by atoms with Crippen molar-refractivity contribution in [2.75, 3.05) is 17.1 Å². The van der Waals surface area contributed by atoms with E-state index in [4.69, 9.17) is 23.2 Å². The van der Waals surface area contributed by atoms with E-state index in [1.807, 2.05) is 27.7 Å². The number of nitrogens with one attached hydrogen (secondary N) is 1. The quantitative estimate of drug-likeness (QED) is 0.390. The van der Waals surface area contributed by atoms with Crippen LogP contribution in [-0.4, -0.2) is 49.5 Å². The maximum absolute atomic E-state index is 13.5. The standard InChI is InChI=1S/C26H34Cl2FN3O4S/c1-6-23(25(34)30-26(2,3)4)31(17-18-9-10-19(27)16-22(18)28)24(33)8-7-15-32(37(5,35)36)21-13-11-20(29)12-14-21/h9-14,16,23H,6-8,15,17H2,1-5H3,(H,30,34)/t23-/m1/s1. The highest BCUT2D eigenvalue weighted by molar-refractivity contribution is 7.92. The lowest BCUT2D eigenvalue weighted by Crippen LogP contribution is -2.53. The molecule has 1 atom stereocenters. The number of rotatable bonds is 11. The minimum Gasteiger partial charge on any atom is -0.350 e. The molecule has 0 aromatic heterocycles. The van der Waals surface area contributed by atoms with E-state index < -0.39 is 27.4 Å². The van der Waals surface area contributed by atoms with Gasteiger partial charge in [-0.25, -0.2) is 12.8 Å². The van der Waals surface area contributed by atoms with Gasteiger partial charge in [-0.2, -0.15) is 0 Å². The third-order valence-corrected chi connectivity index (χ3v) is 7.29. The molecular formula is C26H34Cl2FN3O4S. The summed E-state index contributed by atoms with van der Waals surface area (Å²) in [5, 5.41) is 3.75. The summed E-state index contributed by atoms with van der Waals surface area (Å²) in [6, 6.07) is 9.28. The van der Waals surface area contributed by atoms with Crippen LogP contribution in [0.5, 0.6) is 0 Å². The first-order valence-corrected chi connectivity index (χ1v) is 14.5. The Morgan fingerprint density at radius 2 is 1.70 bits per heavy atom. The van der Waals surface area contributed by atoms with Crippen LogP contribution in [0.1, 0.15) is 52.5 Å². The summed E-state index contributed by atoms with van der Waals surface area (Å²) in [6.07, 6.45) is 1.59. The SMILES string of the molecule is CC[C@H](C(=O)NC(C)(C)C)N(Cc1ccc(Cl)cc1Cl)C(=O)CCCN(c1ccc(F)cc1)S(C)(=O)=O. The van der Waals surface area contributed by atoms with Crippen molar-refractivity contribution in [1.29, 1.82) is 0 Å². The molecule has 2 aromatic carbocycles. The van der Waals surface area contributed by atoms with Gasteiger partial charge in [0.1, 0.15) is 11.9 Å². The van der Waals surface area contributed by atoms with E-state index in [9.17, 15) is 22.4 Å². The Labute approximate surface area is 229 Å². The highest BCUT2D eigenvalue weighted by atomic mass is 35.5. The molecule has 7 nitrogen and oxygen atoms in total. The van der Waals surface area contributed by atoms with E-state index in [1.165, 1.54) is 29.2 Å². The Hall–Kier alpha value is -2.36. The largest absolute Gasteiger partial charge is 0.350 e. The van der Waals surface area contributed by atoms with Crippen LogP contribution in [0, 0.1) is 5.82 Å². The molecule has 0 saturated carbocycles. The van der Waals surface area contributed by atoms with Gasteiger partial charge in [0.15, 0.2) is 0 Å². The molecule has 0 fully saturated rings. The number of amides is 2. The Kier molecular flexibility index (Phi) is 10.8. The highest BCUT2D eigenvalue weighted by Crippen LogP contribution is 2.25. The molecule has 37 heavy (non-hydrogen) atoms. The van der Waals surface area contributed by atoms with Crippen LogP contribution in [0.3, 0.4) is 0 Å². The highest BCUT2D eigenvalue weighted by Gasteiger charge is 2.31. The van der Waals surface area contributed by atoms with Crippen molar-refractivity contribution in [3.05, 3.63) is 63.9 Å². The van der Waals surface area contributed by atoms with E-state index in [0.29, 0.717) is 27.7 Å². The van der Waals surface area contributed by atoms with Gasteiger partial charge in [0, 0.05) is 35.1 Å². The first kappa shape index (κ1) is 30.9. The van der Waals surface area contributed by atoms with Crippen molar-refractivity contribution in [2.45, 2.75) is 65.1 Å². The predicted molar refractivity (Wildman–Crippen MR) is 147 cm³/mol. The predicted octanol–water partition coefficient (Wildman–Crippen LogP) is 5.40. The molecule has 0 radical (unpaired) electrons. The number of halogens is 3. The lowest BCUT2D eigenvalue weighted by Gasteiger charge is -2.33. The van der Waals surface area contributed by atoms with Crippen LogP contribution in [0.25, 0.3) is 0 Å². The minimum atomic E-state index is -3.67. The second kappa shape index (κ2) is 12.9. The van der Waals surface area contributed by atoms with Gasteiger partial charge in [-0.1, -0.05) is 36.2 Å². The van der Waals surface area contributed by atoms with Crippen molar-refractivity contribution in [3.63, 3.8) is 0 Å². The number of carbonyl (C=O) groups is 2. The molecule has 2 rings (SSSR count). The number of nitrogens with zero attached hydrogens (tertiary/aromatic N) is 2. The third-order valence-electron chi connectivity index (χ3n) is 5.51. The number of carbonyl (C=O) groups excluding carboxylic acids is 2. The molecule has 2 aromatic rings. The first-order valence-electron chi connectivity index (χ1n) is 11.9. The van der Waals surface area contributed by atoms with Gasteiger partial charge in [0.05, 0.1) is 11.9 Å². The Bertz CT molecular complexity index is 1200. The maximum atomic E-state index is 13.5. The number of sulfonamides is 1. The summed E-state index contributed by atoms with van der Waals surface area (Å²) in [5.41, 5.74) is 0.435. The van der Waals surface area contributed by atoms with Gasteiger partial charge >= 0.3 is 0 Å². The van der Waals surface area contributed by atoms with Crippen LogP contribution >= 0.6 is 23.2 Å². The Morgan fingerprint density at radius 1 is 1.08 bits per heavy atom. The molecule has 2 amide bonds. The van der Waals surface area contributed by atoms with Crippen molar-refractivity contribution in [1.82, 2.24) is 10.2 Å². The van der Waals surface area contributed by atoms with Gasteiger partial charge < -0.3 is 10.2 Å². The van der Waals surface area contributed by atoms with E-state index >= 15 is 0 Å². The maximum Gasteiger partial charge on any atom is 0.243 e. The third kappa shape index (κ3) is 9.47. The van der Waals surface area contributed by atoms with E-state index in [2.05, 4.69) is 5.32 Å². The number of anilines is 1. The molecular weight excluding hydrogens is 540 g/mol. The molecule has 0 aliphatic heterocycles. The van der Waals surface area contributed by atoms with Crippen LogP contribution in [0.4, 0.5) is 10.1 Å². The monoisotopic (exact) mass is 573 g/mol. The zero-order valence-corrected chi connectivity index (χ0v) is 24.1. The van der Waals surface area contributed by atoms with E-state index in [-0.39, 0.29) is 37.7 Å². The number of hydrogen-bond acceptors (Lipinski definition) is 4. The number of benzene rings is 2. The van der Waals surface area contributed by atoms with E-state index in [1.54, 1.807) is 18.2 Å². The smallest absolute Gasteiger partial charge is 0.243 e. The molecule has 0 heterocycles. The normalized spacial score (nSPS) is 12.6. The summed E-state index contributed by atoms with van der Waals surface area (Å²) in [4.78, 5) is 28.1. The lowest BCUT2D eigenvalue weighted by atomic mass is 10.0. The minimum absolute atomic E-state index is 0.0106. The summed E-state index contributed by atoms with van der Waals surface area (Å²) in [7, 11) is -3.67. The molecule has 0 unspecified atom stereocenters. The zero-order valence-electron chi connectivity index (χ0n) is 21.7. The van der Waals surface area contributed by atoms with Crippen molar-refractivity contribution >= 4 is 50.7 Å². The van der Waals surface area contributed by atoms with Crippen molar-refractivity contribution in [2.24, 2.45) is 0 Å². The molecule has 0 bridgehead atoms. The van der Waals surface area contributed by atoms with Crippen LogP contribution in [-0.2, 0) is 26.2 Å². The van der Waals surface area contributed by atoms with Gasteiger partial charge in [0.2, 0.25) is 21.8 Å². The second-order valence-corrected chi connectivity index (χ2v) is 12.6. The molecule has 1 N–H and O–H groups in total. The topological polar surface area (TPSA) is 86.8 Å². The summed E-state index contributed by atoms with van der Waals surface area (Å²) < 4.78 is 39.2. The fourth-order valence-corrected chi connectivity index (χ4v) is 5.25. The molecule has 204 valence electrons. The summed E-state index contributed by atoms with van der Waals surface area (Å²) in [5.74, 6) is -1.10.